The van der Waals surface area contributed by atoms with Gasteiger partial charge in [0.25, 0.3) is 0 Å². The molecule has 0 fully saturated rings. The molecule has 1 heterocycles. The van der Waals surface area contributed by atoms with E-state index in [2.05, 4.69) is 26.2 Å². The minimum absolute atomic E-state index is 0.583. The monoisotopic (exact) mass is 319 g/mol. The van der Waals surface area contributed by atoms with E-state index in [1.54, 1.807) is 22.9 Å². The highest BCUT2D eigenvalue weighted by molar-refractivity contribution is 9.09. The van der Waals surface area contributed by atoms with E-state index in [9.17, 15) is 0 Å². The van der Waals surface area contributed by atoms with Gasteiger partial charge in [-0.3, -0.25) is 0 Å². The maximum absolute atomic E-state index is 5.91. The molecule has 0 bridgehead atoms. The third-order valence-electron chi connectivity index (χ3n) is 2.00. The molecule has 2 rings (SSSR count). The molecule has 0 atom stereocenters. The summed E-state index contributed by atoms with van der Waals surface area (Å²) < 4.78 is 1.66. The predicted molar refractivity (Wildman–Crippen MR) is 68.9 cm³/mol. The zero-order valence-corrected chi connectivity index (χ0v) is 11.3. The van der Waals surface area contributed by atoms with Gasteiger partial charge in [-0.15, -0.1) is 5.10 Å². The highest BCUT2D eigenvalue weighted by atomic mass is 79.9. The third kappa shape index (κ3) is 2.75. The molecular formula is C10H8BrCl2N3. The fourth-order valence-corrected chi connectivity index (χ4v) is 2.23. The van der Waals surface area contributed by atoms with Crippen LogP contribution in [0.15, 0.2) is 24.4 Å². The molecule has 0 unspecified atom stereocenters. The van der Waals surface area contributed by atoms with E-state index in [-0.39, 0.29) is 0 Å². The molecule has 0 saturated heterocycles. The van der Waals surface area contributed by atoms with Crippen LogP contribution < -0.4 is 0 Å². The first kappa shape index (κ1) is 11.9. The number of hydrogen-bond donors (Lipinski definition) is 0. The zero-order valence-electron chi connectivity index (χ0n) is 8.20. The Morgan fingerprint density at radius 3 is 2.50 bits per heavy atom. The summed E-state index contributed by atoms with van der Waals surface area (Å²) in [6.07, 6.45) is 2.71. The van der Waals surface area contributed by atoms with E-state index in [1.165, 1.54) is 0 Å². The standard InChI is InChI=1S/C10H8BrCl2N3/c11-2-1-9-6-16(15-14-9)10-4-7(12)3-8(13)5-10/h3-6H,1-2H2. The average molecular weight is 321 g/mol. The molecule has 0 saturated carbocycles. The molecule has 0 aliphatic carbocycles. The summed E-state index contributed by atoms with van der Waals surface area (Å²) >= 11 is 15.2. The molecule has 1 aromatic heterocycles. The van der Waals surface area contributed by atoms with Gasteiger partial charge in [-0.25, -0.2) is 4.68 Å². The van der Waals surface area contributed by atoms with Crippen LogP contribution in [0.2, 0.25) is 10.0 Å². The van der Waals surface area contributed by atoms with Crippen molar-refractivity contribution in [3.8, 4) is 5.69 Å². The van der Waals surface area contributed by atoms with Crippen LogP contribution in [0, 0.1) is 0 Å². The Morgan fingerprint density at radius 1 is 1.19 bits per heavy atom. The van der Waals surface area contributed by atoms with Gasteiger partial charge < -0.3 is 0 Å². The smallest absolute Gasteiger partial charge is 0.0840 e. The van der Waals surface area contributed by atoms with Gasteiger partial charge in [0.2, 0.25) is 0 Å². The topological polar surface area (TPSA) is 30.7 Å². The molecule has 0 radical (unpaired) electrons. The molecule has 0 aliphatic rings. The minimum atomic E-state index is 0.583. The van der Waals surface area contributed by atoms with Gasteiger partial charge in [-0.1, -0.05) is 44.3 Å². The van der Waals surface area contributed by atoms with Crippen LogP contribution in [-0.2, 0) is 6.42 Å². The Bertz CT molecular complexity index is 478. The minimum Gasteiger partial charge on any atom is -0.220 e. The molecular weight excluding hydrogens is 313 g/mol. The van der Waals surface area contributed by atoms with Gasteiger partial charge in [0.15, 0.2) is 0 Å². The second-order valence-electron chi connectivity index (χ2n) is 3.22. The van der Waals surface area contributed by atoms with Gasteiger partial charge in [-0.2, -0.15) is 0 Å². The van der Waals surface area contributed by atoms with Crippen molar-refractivity contribution in [1.29, 1.82) is 0 Å². The van der Waals surface area contributed by atoms with Crippen LogP contribution in [0.1, 0.15) is 5.69 Å². The van der Waals surface area contributed by atoms with Gasteiger partial charge in [-0.05, 0) is 18.2 Å². The Morgan fingerprint density at radius 2 is 1.88 bits per heavy atom. The van der Waals surface area contributed by atoms with Crippen LogP contribution in [0.25, 0.3) is 5.69 Å². The first-order valence-electron chi connectivity index (χ1n) is 4.62. The molecule has 84 valence electrons. The number of aromatic nitrogens is 3. The fourth-order valence-electron chi connectivity index (χ4n) is 1.31. The number of nitrogens with zero attached hydrogens (tertiary/aromatic N) is 3. The van der Waals surface area contributed by atoms with E-state index in [1.807, 2.05) is 6.20 Å². The van der Waals surface area contributed by atoms with Gasteiger partial charge >= 0.3 is 0 Å². The van der Waals surface area contributed by atoms with Crippen molar-refractivity contribution in [2.75, 3.05) is 5.33 Å². The van der Waals surface area contributed by atoms with Crippen LogP contribution in [0.4, 0.5) is 0 Å². The maximum Gasteiger partial charge on any atom is 0.0840 e. The van der Waals surface area contributed by atoms with E-state index >= 15 is 0 Å². The molecule has 2 aromatic rings. The lowest BCUT2D eigenvalue weighted by Crippen LogP contribution is -1.94. The summed E-state index contributed by atoms with van der Waals surface area (Å²) in [6, 6.07) is 5.27. The molecule has 6 heteroatoms. The van der Waals surface area contributed by atoms with E-state index in [4.69, 9.17) is 23.2 Å². The molecule has 0 aliphatic heterocycles. The number of benzene rings is 1. The molecule has 0 amide bonds. The van der Waals surface area contributed by atoms with Crippen molar-refractivity contribution < 1.29 is 0 Å². The van der Waals surface area contributed by atoms with E-state index in [0.717, 1.165) is 23.1 Å². The predicted octanol–water partition coefficient (Wildman–Crippen LogP) is 3.51. The highest BCUT2D eigenvalue weighted by Crippen LogP contribution is 2.21. The summed E-state index contributed by atoms with van der Waals surface area (Å²) in [4.78, 5) is 0. The average Bonchev–Trinajstić information content (AvgIpc) is 2.65. The largest absolute Gasteiger partial charge is 0.220 e. The first-order chi connectivity index (χ1) is 7.69. The van der Waals surface area contributed by atoms with Crippen molar-refractivity contribution in [3.63, 3.8) is 0 Å². The molecule has 0 N–H and O–H groups in total. The van der Waals surface area contributed by atoms with Gasteiger partial charge in [0.1, 0.15) is 0 Å². The number of halogens is 3. The second-order valence-corrected chi connectivity index (χ2v) is 4.89. The van der Waals surface area contributed by atoms with Crippen LogP contribution >= 0.6 is 39.1 Å². The lowest BCUT2D eigenvalue weighted by molar-refractivity contribution is 0.798. The molecule has 16 heavy (non-hydrogen) atoms. The highest BCUT2D eigenvalue weighted by Gasteiger charge is 2.04. The third-order valence-corrected chi connectivity index (χ3v) is 2.84. The fraction of sp³-hybridized carbons (Fsp3) is 0.200. The molecule has 1 aromatic carbocycles. The Kier molecular flexibility index (Phi) is 3.84. The second kappa shape index (κ2) is 5.17. The summed E-state index contributed by atoms with van der Waals surface area (Å²) in [7, 11) is 0. The SMILES string of the molecule is Clc1cc(Cl)cc(-n2cc(CCBr)nn2)c1. The van der Waals surface area contributed by atoms with Crippen LogP contribution in [0.5, 0.6) is 0 Å². The summed E-state index contributed by atoms with van der Waals surface area (Å²) in [6.45, 7) is 0. The maximum atomic E-state index is 5.91. The quantitative estimate of drug-likeness (QED) is 0.810. The van der Waals surface area contributed by atoms with Gasteiger partial charge in [0.05, 0.1) is 17.6 Å². The van der Waals surface area contributed by atoms with E-state index in [0.29, 0.717) is 10.0 Å². The van der Waals surface area contributed by atoms with Gasteiger partial charge in [0, 0.05) is 21.8 Å². The number of rotatable bonds is 3. The zero-order chi connectivity index (χ0) is 11.5. The molecule has 0 spiro atoms. The van der Waals surface area contributed by atoms with Crippen LogP contribution in [-0.4, -0.2) is 20.3 Å². The summed E-state index contributed by atoms with van der Waals surface area (Å²) in [5, 5.41) is 10.1. The molecule has 3 nitrogen and oxygen atoms in total. The van der Waals surface area contributed by atoms with Crippen LogP contribution in [0.3, 0.4) is 0 Å². The lowest BCUT2D eigenvalue weighted by Gasteiger charge is -2.01. The lowest BCUT2D eigenvalue weighted by atomic mass is 10.3. The Hall–Kier alpha value is -0.580. The normalized spacial score (nSPS) is 10.7. The van der Waals surface area contributed by atoms with E-state index < -0.39 is 0 Å². The Balaban J connectivity index is 2.34. The van der Waals surface area contributed by atoms with Crippen molar-refractivity contribution in [2.45, 2.75) is 6.42 Å². The number of hydrogen-bond acceptors (Lipinski definition) is 2. The first-order valence-corrected chi connectivity index (χ1v) is 6.50. The summed E-state index contributed by atoms with van der Waals surface area (Å²) in [5.74, 6) is 0. The Labute approximate surface area is 111 Å². The van der Waals surface area contributed by atoms with Crippen molar-refractivity contribution in [1.82, 2.24) is 15.0 Å². The summed E-state index contributed by atoms with van der Waals surface area (Å²) in [5.41, 5.74) is 1.73. The number of aryl methyl sites for hydroxylation is 1. The van der Waals surface area contributed by atoms with Crippen molar-refractivity contribution >= 4 is 39.1 Å². The number of alkyl halides is 1. The van der Waals surface area contributed by atoms with Crippen molar-refractivity contribution in [2.24, 2.45) is 0 Å². The van der Waals surface area contributed by atoms with Crippen molar-refractivity contribution in [3.05, 3.63) is 40.1 Å².